The summed E-state index contributed by atoms with van der Waals surface area (Å²) in [6.45, 7) is 3.22. The van der Waals surface area contributed by atoms with E-state index in [2.05, 4.69) is 26.1 Å². The number of nitrogens with one attached hydrogen (secondary N) is 1. The van der Waals surface area contributed by atoms with Crippen molar-refractivity contribution in [2.24, 2.45) is 0 Å². The van der Waals surface area contributed by atoms with Crippen LogP contribution in [0, 0.1) is 11.3 Å². The van der Waals surface area contributed by atoms with Crippen LogP contribution in [0.15, 0.2) is 4.47 Å². The van der Waals surface area contributed by atoms with Gasteiger partial charge in [-0.15, -0.1) is 0 Å². The zero-order chi connectivity index (χ0) is 16.9. The summed E-state index contributed by atoms with van der Waals surface area (Å²) in [4.78, 5) is 13.4. The van der Waals surface area contributed by atoms with Crippen molar-refractivity contribution in [1.82, 2.24) is 15.1 Å². The molecule has 0 spiro atoms. The zero-order valence-corrected chi connectivity index (χ0v) is 13.8. The van der Waals surface area contributed by atoms with Gasteiger partial charge in [-0.05, 0) is 21.8 Å². The number of carbonyl (C=O) groups excluding carboxylic acids is 1. The fourth-order valence-electron chi connectivity index (χ4n) is 1.78. The molecule has 0 saturated carbocycles. The molecule has 22 heavy (non-hydrogen) atoms. The predicted molar refractivity (Wildman–Crippen MR) is 77.2 cm³/mol. The standard InChI is InChI=1S/C13H16BrF3N4O/c1-8(2)10-9(14)11(20-19-10)12(22)21(6-3-5-18)7-4-13(15,16)17/h8H,3-4,6-7H2,1-2H3,(H,19,20). The molecule has 1 aromatic heterocycles. The first-order valence-electron chi connectivity index (χ1n) is 6.64. The normalized spacial score (nSPS) is 11.5. The number of amides is 1. The molecular weight excluding hydrogens is 365 g/mol. The van der Waals surface area contributed by atoms with Gasteiger partial charge in [-0.2, -0.15) is 23.5 Å². The van der Waals surface area contributed by atoms with Crippen LogP contribution in [0.2, 0.25) is 0 Å². The second-order valence-corrected chi connectivity index (χ2v) is 5.81. The number of aromatic nitrogens is 2. The van der Waals surface area contributed by atoms with Gasteiger partial charge in [0.1, 0.15) is 0 Å². The first kappa shape index (κ1) is 18.5. The van der Waals surface area contributed by atoms with E-state index in [4.69, 9.17) is 5.26 Å². The molecule has 0 unspecified atom stereocenters. The molecule has 122 valence electrons. The van der Waals surface area contributed by atoms with Crippen molar-refractivity contribution in [1.29, 1.82) is 5.26 Å². The largest absolute Gasteiger partial charge is 0.390 e. The third kappa shape index (κ3) is 5.02. The molecule has 5 nitrogen and oxygen atoms in total. The summed E-state index contributed by atoms with van der Waals surface area (Å²) in [6, 6.07) is 1.82. The minimum absolute atomic E-state index is 0.0313. The molecule has 0 fully saturated rings. The smallest absolute Gasteiger partial charge is 0.336 e. The highest BCUT2D eigenvalue weighted by Crippen LogP contribution is 2.27. The number of hydrogen-bond acceptors (Lipinski definition) is 3. The van der Waals surface area contributed by atoms with Gasteiger partial charge in [0.15, 0.2) is 5.69 Å². The highest BCUT2D eigenvalue weighted by atomic mass is 79.9. The number of hydrogen-bond donors (Lipinski definition) is 1. The van der Waals surface area contributed by atoms with Crippen LogP contribution in [0.5, 0.6) is 0 Å². The molecule has 0 aliphatic heterocycles. The van der Waals surface area contributed by atoms with E-state index >= 15 is 0 Å². The van der Waals surface area contributed by atoms with Crippen molar-refractivity contribution < 1.29 is 18.0 Å². The third-order valence-corrected chi connectivity index (χ3v) is 3.76. The zero-order valence-electron chi connectivity index (χ0n) is 12.2. The van der Waals surface area contributed by atoms with Gasteiger partial charge < -0.3 is 4.90 Å². The van der Waals surface area contributed by atoms with Crippen molar-refractivity contribution in [3.63, 3.8) is 0 Å². The molecule has 0 aromatic carbocycles. The summed E-state index contributed by atoms with van der Waals surface area (Å²) in [5.41, 5.74) is 0.725. The second kappa shape index (κ2) is 7.63. The van der Waals surface area contributed by atoms with Crippen molar-refractivity contribution in [2.75, 3.05) is 13.1 Å². The van der Waals surface area contributed by atoms with Gasteiger partial charge in [0, 0.05) is 13.1 Å². The lowest BCUT2D eigenvalue weighted by Gasteiger charge is -2.21. The molecule has 1 rings (SSSR count). The summed E-state index contributed by atoms with van der Waals surface area (Å²) in [5, 5.41) is 15.2. The number of aromatic amines is 1. The van der Waals surface area contributed by atoms with Gasteiger partial charge in [0.05, 0.1) is 29.1 Å². The second-order valence-electron chi connectivity index (χ2n) is 5.02. The van der Waals surface area contributed by atoms with Crippen LogP contribution in [0.25, 0.3) is 0 Å². The average molecular weight is 381 g/mol. The fraction of sp³-hybridized carbons (Fsp3) is 0.615. The molecule has 0 aliphatic rings. The van der Waals surface area contributed by atoms with Gasteiger partial charge in [-0.3, -0.25) is 9.89 Å². The lowest BCUT2D eigenvalue weighted by atomic mass is 10.1. The lowest BCUT2D eigenvalue weighted by Crippen LogP contribution is -2.35. The molecule has 0 atom stereocenters. The first-order valence-corrected chi connectivity index (χ1v) is 7.43. The van der Waals surface area contributed by atoms with Crippen LogP contribution in [-0.4, -0.2) is 40.3 Å². The highest BCUT2D eigenvalue weighted by molar-refractivity contribution is 9.10. The van der Waals surface area contributed by atoms with Crippen molar-refractivity contribution in [2.45, 2.75) is 38.8 Å². The van der Waals surface area contributed by atoms with E-state index in [-0.39, 0.29) is 24.6 Å². The van der Waals surface area contributed by atoms with E-state index in [9.17, 15) is 18.0 Å². The predicted octanol–water partition coefficient (Wildman–Crippen LogP) is 3.60. The topological polar surface area (TPSA) is 72.8 Å². The van der Waals surface area contributed by atoms with Gasteiger partial charge in [0.25, 0.3) is 5.91 Å². The summed E-state index contributed by atoms with van der Waals surface area (Å²) < 4.78 is 37.5. The number of halogens is 4. The van der Waals surface area contributed by atoms with Gasteiger partial charge in [-0.1, -0.05) is 13.8 Å². The molecule has 0 bridgehead atoms. The number of rotatable bonds is 6. The number of H-pyrrole nitrogens is 1. The Hall–Kier alpha value is -1.56. The van der Waals surface area contributed by atoms with Crippen LogP contribution >= 0.6 is 15.9 Å². The molecule has 1 heterocycles. The van der Waals surface area contributed by atoms with E-state index in [0.29, 0.717) is 10.2 Å². The van der Waals surface area contributed by atoms with Gasteiger partial charge in [0.2, 0.25) is 0 Å². The van der Waals surface area contributed by atoms with E-state index in [1.807, 2.05) is 19.9 Å². The van der Waals surface area contributed by atoms with Gasteiger partial charge >= 0.3 is 6.18 Å². The minimum Gasteiger partial charge on any atom is -0.336 e. The van der Waals surface area contributed by atoms with E-state index in [1.54, 1.807) is 0 Å². The Bertz CT molecular complexity index is 563. The third-order valence-electron chi connectivity index (χ3n) is 2.96. The Balaban J connectivity index is 2.94. The highest BCUT2D eigenvalue weighted by Gasteiger charge is 2.30. The number of nitrogens with zero attached hydrogens (tertiary/aromatic N) is 3. The maximum absolute atomic E-state index is 12.4. The molecule has 1 aromatic rings. The Labute approximate surface area is 134 Å². The SMILES string of the molecule is CC(C)c1[nH]nc(C(=O)N(CCC#N)CCC(F)(F)F)c1Br. The van der Waals surface area contributed by atoms with Crippen LogP contribution in [0.4, 0.5) is 13.2 Å². The molecule has 0 aliphatic carbocycles. The molecular formula is C13H16BrF3N4O. The van der Waals surface area contributed by atoms with E-state index in [0.717, 1.165) is 4.90 Å². The summed E-state index contributed by atoms with van der Waals surface area (Å²) in [5.74, 6) is -0.555. The molecule has 9 heteroatoms. The lowest BCUT2D eigenvalue weighted by molar-refractivity contribution is -0.136. The minimum atomic E-state index is -4.36. The van der Waals surface area contributed by atoms with E-state index in [1.165, 1.54) is 0 Å². The number of carbonyl (C=O) groups is 1. The van der Waals surface area contributed by atoms with Crippen LogP contribution in [0.1, 0.15) is 48.8 Å². The maximum atomic E-state index is 12.4. The molecule has 0 saturated heterocycles. The summed E-state index contributed by atoms with van der Waals surface area (Å²) in [7, 11) is 0. The maximum Gasteiger partial charge on any atom is 0.390 e. The van der Waals surface area contributed by atoms with Crippen molar-refractivity contribution >= 4 is 21.8 Å². The average Bonchev–Trinajstić information content (AvgIpc) is 2.79. The Kier molecular flexibility index (Phi) is 6.41. The summed E-state index contributed by atoms with van der Waals surface area (Å²) in [6.07, 6.45) is -5.52. The quantitative estimate of drug-likeness (QED) is 0.819. The van der Waals surface area contributed by atoms with Crippen LogP contribution in [0.3, 0.4) is 0 Å². The van der Waals surface area contributed by atoms with Gasteiger partial charge in [-0.25, -0.2) is 0 Å². The van der Waals surface area contributed by atoms with Crippen LogP contribution in [-0.2, 0) is 0 Å². The Morgan fingerprint density at radius 3 is 2.55 bits per heavy atom. The molecule has 1 amide bonds. The monoisotopic (exact) mass is 380 g/mol. The number of alkyl halides is 3. The van der Waals surface area contributed by atoms with E-state index < -0.39 is 25.0 Å². The number of nitriles is 1. The fourth-order valence-corrected chi connectivity index (χ4v) is 2.58. The molecule has 0 radical (unpaired) electrons. The molecule has 1 N–H and O–H groups in total. The Morgan fingerprint density at radius 2 is 2.09 bits per heavy atom. The van der Waals surface area contributed by atoms with Crippen LogP contribution < -0.4 is 0 Å². The summed E-state index contributed by atoms with van der Waals surface area (Å²) >= 11 is 3.25. The Morgan fingerprint density at radius 1 is 1.45 bits per heavy atom. The first-order chi connectivity index (χ1) is 10.2. The van der Waals surface area contributed by atoms with Crippen molar-refractivity contribution in [3.05, 3.63) is 15.9 Å². The van der Waals surface area contributed by atoms with Crippen molar-refractivity contribution in [3.8, 4) is 6.07 Å².